The molecule has 1 N–H and O–H groups in total. The molecule has 0 aliphatic carbocycles. The van der Waals surface area contributed by atoms with Gasteiger partial charge in [0.1, 0.15) is 0 Å². The molecular weight excluding hydrogens is 298 g/mol. The number of nitrogens with zero attached hydrogens (tertiary/aromatic N) is 1. The first-order chi connectivity index (χ1) is 10.0. The minimum Gasteiger partial charge on any atom is -0.490 e. The lowest BCUT2D eigenvalue weighted by atomic mass is 10.2. The minimum atomic E-state index is -1.14. The van der Waals surface area contributed by atoms with Crippen molar-refractivity contribution >= 4 is 23.4 Å². The summed E-state index contributed by atoms with van der Waals surface area (Å²) < 4.78 is 10.0. The topological polar surface area (TPSA) is 103 Å². The van der Waals surface area contributed by atoms with Gasteiger partial charge in [-0.15, -0.1) is 0 Å². The number of nitro groups is 1. The molecule has 0 saturated heterocycles. The molecule has 1 aromatic carbocycles. The number of methoxy groups -OCH3 is 1. The van der Waals surface area contributed by atoms with E-state index in [4.69, 9.17) is 14.3 Å². The van der Waals surface area contributed by atoms with Crippen molar-refractivity contribution in [2.45, 2.75) is 10.8 Å². The van der Waals surface area contributed by atoms with Gasteiger partial charge >= 0.3 is 11.7 Å². The number of carboxylic acids is 1. The maximum Gasteiger partial charge on any atom is 0.371 e. The zero-order valence-corrected chi connectivity index (χ0v) is 11.8. The molecule has 1 aromatic heterocycles. The second-order valence-corrected chi connectivity index (χ2v) is 4.96. The third-order valence-electron chi connectivity index (χ3n) is 2.61. The van der Waals surface area contributed by atoms with E-state index >= 15 is 0 Å². The van der Waals surface area contributed by atoms with E-state index in [1.807, 2.05) is 0 Å². The lowest BCUT2D eigenvalue weighted by Gasteiger charge is -2.04. The van der Waals surface area contributed by atoms with E-state index in [9.17, 15) is 14.9 Å². The van der Waals surface area contributed by atoms with E-state index in [2.05, 4.69) is 0 Å². The molecule has 0 aliphatic heterocycles. The Morgan fingerprint density at radius 3 is 2.76 bits per heavy atom. The molecule has 21 heavy (non-hydrogen) atoms. The summed E-state index contributed by atoms with van der Waals surface area (Å²) in [6, 6.07) is 7.57. The Morgan fingerprint density at radius 1 is 1.43 bits per heavy atom. The molecule has 0 amide bonds. The van der Waals surface area contributed by atoms with Crippen LogP contribution >= 0.6 is 11.8 Å². The van der Waals surface area contributed by atoms with Gasteiger partial charge in [0.15, 0.2) is 10.8 Å². The molecule has 0 aliphatic rings. The summed E-state index contributed by atoms with van der Waals surface area (Å²) in [5.41, 5.74) is 0.599. The highest BCUT2D eigenvalue weighted by Gasteiger charge is 2.15. The molecule has 0 atom stereocenters. The highest BCUT2D eigenvalue weighted by Crippen LogP contribution is 2.31. The largest absolute Gasteiger partial charge is 0.490 e. The van der Waals surface area contributed by atoms with Gasteiger partial charge in [0.05, 0.1) is 12.0 Å². The second kappa shape index (κ2) is 6.31. The van der Waals surface area contributed by atoms with Gasteiger partial charge in [0.25, 0.3) is 0 Å². The summed E-state index contributed by atoms with van der Waals surface area (Å²) in [5, 5.41) is 20.1. The minimum absolute atomic E-state index is 0.110. The zero-order valence-electron chi connectivity index (χ0n) is 10.9. The van der Waals surface area contributed by atoms with Crippen LogP contribution in [0.4, 0.5) is 5.69 Å². The average molecular weight is 309 g/mol. The number of carboxylic acid groups (broad SMARTS) is 1. The Labute approximate surface area is 123 Å². The van der Waals surface area contributed by atoms with Gasteiger partial charge in [-0.05, 0) is 23.8 Å². The number of carbonyl (C=O) groups is 1. The average Bonchev–Trinajstić information content (AvgIpc) is 2.94. The van der Waals surface area contributed by atoms with E-state index in [0.29, 0.717) is 16.4 Å². The monoisotopic (exact) mass is 309 g/mol. The zero-order chi connectivity index (χ0) is 15.4. The smallest absolute Gasteiger partial charge is 0.371 e. The van der Waals surface area contributed by atoms with Crippen LogP contribution in [0.25, 0.3) is 0 Å². The molecule has 7 nitrogen and oxygen atoms in total. The standard InChI is InChI=1S/C13H11NO6S/c1-19-10-3-2-8(6-9(10)14(17)18)7-21-12-5-4-11(20-12)13(15)16/h2-6H,7H2,1H3,(H,15,16). The summed E-state index contributed by atoms with van der Waals surface area (Å²) in [4.78, 5) is 21.1. The number of benzene rings is 1. The predicted octanol–water partition coefficient (Wildman–Crippen LogP) is 3.19. The fourth-order valence-electron chi connectivity index (χ4n) is 1.64. The van der Waals surface area contributed by atoms with Crippen LogP contribution in [0.15, 0.2) is 39.8 Å². The fourth-order valence-corrected chi connectivity index (χ4v) is 2.44. The van der Waals surface area contributed by atoms with E-state index in [0.717, 1.165) is 0 Å². The van der Waals surface area contributed by atoms with Gasteiger partial charge in [-0.1, -0.05) is 17.8 Å². The highest BCUT2D eigenvalue weighted by molar-refractivity contribution is 7.98. The summed E-state index contributed by atoms with van der Waals surface area (Å²) in [5.74, 6) is -0.669. The molecule has 0 saturated carbocycles. The lowest BCUT2D eigenvalue weighted by molar-refractivity contribution is -0.385. The number of furan rings is 1. The van der Waals surface area contributed by atoms with Crippen LogP contribution in [-0.4, -0.2) is 23.1 Å². The first kappa shape index (κ1) is 14.9. The van der Waals surface area contributed by atoms with Crippen molar-refractivity contribution < 1.29 is 24.0 Å². The van der Waals surface area contributed by atoms with E-state index in [-0.39, 0.29) is 17.2 Å². The Bertz CT molecular complexity index is 681. The molecule has 0 radical (unpaired) electrons. The van der Waals surface area contributed by atoms with E-state index < -0.39 is 10.9 Å². The van der Waals surface area contributed by atoms with Crippen LogP contribution in [0.5, 0.6) is 5.75 Å². The molecular formula is C13H11NO6S. The summed E-state index contributed by atoms with van der Waals surface area (Å²) in [6.45, 7) is 0. The van der Waals surface area contributed by atoms with Gasteiger partial charge in [0.2, 0.25) is 5.76 Å². The van der Waals surface area contributed by atoms with Gasteiger partial charge in [-0.25, -0.2) is 4.79 Å². The Balaban J connectivity index is 2.10. The van der Waals surface area contributed by atoms with Crippen LogP contribution in [0.2, 0.25) is 0 Å². The Kier molecular flexibility index (Phi) is 4.49. The van der Waals surface area contributed by atoms with Gasteiger partial charge in [-0.2, -0.15) is 0 Å². The van der Waals surface area contributed by atoms with Gasteiger partial charge < -0.3 is 14.3 Å². The quantitative estimate of drug-likeness (QED) is 0.496. The Morgan fingerprint density at radius 2 is 2.19 bits per heavy atom. The van der Waals surface area contributed by atoms with Crippen molar-refractivity contribution in [3.05, 3.63) is 51.8 Å². The first-order valence-corrected chi connectivity index (χ1v) is 6.77. The third-order valence-corrected chi connectivity index (χ3v) is 3.59. The van der Waals surface area contributed by atoms with Crippen LogP contribution in [0, 0.1) is 10.1 Å². The molecule has 8 heteroatoms. The van der Waals surface area contributed by atoms with Gasteiger partial charge in [-0.3, -0.25) is 10.1 Å². The molecule has 110 valence electrons. The number of ether oxygens (including phenoxy) is 1. The maximum absolute atomic E-state index is 10.9. The SMILES string of the molecule is COc1ccc(CSc2ccc(C(=O)O)o2)cc1[N+](=O)[O-]. The molecule has 0 fully saturated rings. The van der Waals surface area contributed by atoms with Crippen molar-refractivity contribution in [1.82, 2.24) is 0 Å². The van der Waals surface area contributed by atoms with Gasteiger partial charge in [0, 0.05) is 11.8 Å². The number of thioether (sulfide) groups is 1. The van der Waals surface area contributed by atoms with E-state index in [1.165, 1.54) is 37.1 Å². The van der Waals surface area contributed by atoms with Crippen LogP contribution in [0.1, 0.15) is 16.1 Å². The number of aromatic carboxylic acids is 1. The maximum atomic E-state index is 10.9. The number of hydrogen-bond acceptors (Lipinski definition) is 6. The van der Waals surface area contributed by atoms with Crippen molar-refractivity contribution in [1.29, 1.82) is 0 Å². The predicted molar refractivity (Wildman–Crippen MR) is 74.9 cm³/mol. The fraction of sp³-hybridized carbons (Fsp3) is 0.154. The highest BCUT2D eigenvalue weighted by atomic mass is 32.2. The van der Waals surface area contributed by atoms with Crippen LogP contribution < -0.4 is 4.74 Å². The number of rotatable bonds is 6. The van der Waals surface area contributed by atoms with Crippen molar-refractivity contribution in [3.8, 4) is 5.75 Å². The molecule has 2 aromatic rings. The number of nitro benzene ring substituents is 1. The summed E-state index contributed by atoms with van der Waals surface area (Å²) in [7, 11) is 1.37. The van der Waals surface area contributed by atoms with Crippen molar-refractivity contribution in [3.63, 3.8) is 0 Å². The third kappa shape index (κ3) is 3.54. The molecule has 0 bridgehead atoms. The number of hydrogen-bond donors (Lipinski definition) is 1. The normalized spacial score (nSPS) is 10.3. The van der Waals surface area contributed by atoms with Crippen LogP contribution in [0.3, 0.4) is 0 Å². The second-order valence-electron chi connectivity index (χ2n) is 3.98. The Hall–Kier alpha value is -2.48. The summed E-state index contributed by atoms with van der Waals surface area (Å²) in [6.07, 6.45) is 0. The molecule has 0 spiro atoms. The van der Waals surface area contributed by atoms with E-state index in [1.54, 1.807) is 12.1 Å². The van der Waals surface area contributed by atoms with Crippen molar-refractivity contribution in [2.24, 2.45) is 0 Å². The van der Waals surface area contributed by atoms with Crippen molar-refractivity contribution in [2.75, 3.05) is 7.11 Å². The van der Waals surface area contributed by atoms with Crippen LogP contribution in [-0.2, 0) is 5.75 Å². The first-order valence-electron chi connectivity index (χ1n) is 5.78. The summed E-state index contributed by atoms with van der Waals surface area (Å²) >= 11 is 1.25. The molecule has 2 rings (SSSR count). The molecule has 1 heterocycles. The molecule has 0 unspecified atom stereocenters. The lowest BCUT2D eigenvalue weighted by Crippen LogP contribution is -1.95.